The molecule has 2 aromatic rings. The van der Waals surface area contributed by atoms with Crippen molar-refractivity contribution in [3.8, 4) is 11.5 Å². The Hall–Kier alpha value is -2.11. The zero-order chi connectivity index (χ0) is 14.6. The van der Waals surface area contributed by atoms with E-state index < -0.39 is 12.4 Å². The van der Waals surface area contributed by atoms with E-state index in [1.165, 1.54) is 12.1 Å². The summed E-state index contributed by atoms with van der Waals surface area (Å²) in [5, 5.41) is 0. The molecule has 0 saturated carbocycles. The number of hydrogen-bond acceptors (Lipinski definition) is 2. The molecule has 0 amide bonds. The molecular weight excluding hydrogens is 268 g/mol. The van der Waals surface area contributed by atoms with Crippen LogP contribution < -0.4 is 14.9 Å². The van der Waals surface area contributed by atoms with Crippen molar-refractivity contribution in [1.29, 1.82) is 0 Å². The Morgan fingerprint density at radius 3 is 2.25 bits per heavy atom. The van der Waals surface area contributed by atoms with Crippen molar-refractivity contribution in [1.82, 2.24) is 0 Å². The molecule has 2 aromatic carbocycles. The molecule has 0 fully saturated rings. The van der Waals surface area contributed by atoms with Gasteiger partial charge >= 0.3 is 6.98 Å². The van der Waals surface area contributed by atoms with E-state index in [0.717, 1.165) is 17.7 Å². The van der Waals surface area contributed by atoms with Crippen LogP contribution in [-0.4, -0.2) is 14.1 Å². The average Bonchev–Trinajstić information content (AvgIpc) is 2.45. The highest BCUT2D eigenvalue weighted by molar-refractivity contribution is 6.73. The maximum Gasteiger partial charge on any atom is 0.509 e. The summed E-state index contributed by atoms with van der Waals surface area (Å²) in [6.07, 6.45) is 0. The van der Waals surface area contributed by atoms with E-state index in [2.05, 4.69) is 0 Å². The normalized spacial score (nSPS) is 11.2. The van der Waals surface area contributed by atoms with Gasteiger partial charge in [-0.25, -0.2) is 0 Å². The van der Waals surface area contributed by atoms with Gasteiger partial charge < -0.3 is 22.4 Å². The lowest BCUT2D eigenvalue weighted by Crippen LogP contribution is -2.33. The van der Waals surface area contributed by atoms with E-state index in [-0.39, 0.29) is 6.61 Å². The lowest BCUT2D eigenvalue weighted by atomic mass is 9.80. The summed E-state index contributed by atoms with van der Waals surface area (Å²) in [5.74, 6) is 1.11. The molecule has 2 nitrogen and oxygen atoms in total. The molecule has 0 saturated heterocycles. The van der Waals surface area contributed by atoms with Gasteiger partial charge in [-0.2, -0.15) is 0 Å². The average molecular weight is 281 g/mol. The number of halogens is 3. The van der Waals surface area contributed by atoms with Crippen molar-refractivity contribution in [3.05, 3.63) is 54.1 Å². The summed E-state index contributed by atoms with van der Waals surface area (Å²) >= 11 is 0. The van der Waals surface area contributed by atoms with Crippen molar-refractivity contribution in [3.63, 3.8) is 0 Å². The predicted octanol–water partition coefficient (Wildman–Crippen LogP) is 3.33. The molecule has 0 aliphatic heterocycles. The summed E-state index contributed by atoms with van der Waals surface area (Å²) in [5.41, 5.74) is 0.257. The third-order valence-corrected chi connectivity index (χ3v) is 2.80. The third kappa shape index (κ3) is 3.69. The number of methoxy groups -OCH3 is 1. The van der Waals surface area contributed by atoms with Crippen molar-refractivity contribution in [2.75, 3.05) is 7.11 Å². The second-order valence-electron chi connectivity index (χ2n) is 4.28. The van der Waals surface area contributed by atoms with E-state index in [9.17, 15) is 12.9 Å². The highest BCUT2D eigenvalue weighted by atomic mass is 19.4. The molecule has 0 N–H and O–H groups in total. The first-order valence-electron chi connectivity index (χ1n) is 6.04. The van der Waals surface area contributed by atoms with Crippen molar-refractivity contribution in [2.24, 2.45) is 0 Å². The fourth-order valence-electron chi connectivity index (χ4n) is 1.71. The quantitative estimate of drug-likeness (QED) is 0.783. The fraction of sp³-hybridized carbons (Fsp3) is 0.143. The molecular formula is C14H13BF3O2-. The minimum Gasteiger partial charge on any atom is -0.497 e. The van der Waals surface area contributed by atoms with Gasteiger partial charge in [-0.05, 0) is 29.8 Å². The highest BCUT2D eigenvalue weighted by Crippen LogP contribution is 2.17. The Kier molecular flexibility index (Phi) is 4.22. The summed E-state index contributed by atoms with van der Waals surface area (Å²) in [4.78, 5) is 0. The van der Waals surface area contributed by atoms with Gasteiger partial charge in [0, 0.05) is 0 Å². The number of ether oxygens (including phenoxy) is 2. The maximum absolute atomic E-state index is 12.5. The van der Waals surface area contributed by atoms with Gasteiger partial charge in [0.1, 0.15) is 18.1 Å². The van der Waals surface area contributed by atoms with Gasteiger partial charge in [0.25, 0.3) is 0 Å². The second-order valence-corrected chi connectivity index (χ2v) is 4.28. The third-order valence-electron chi connectivity index (χ3n) is 2.80. The van der Waals surface area contributed by atoms with E-state index in [0.29, 0.717) is 11.5 Å². The van der Waals surface area contributed by atoms with E-state index in [1.54, 1.807) is 7.11 Å². The Labute approximate surface area is 115 Å². The first-order chi connectivity index (χ1) is 9.49. The summed E-state index contributed by atoms with van der Waals surface area (Å²) < 4.78 is 47.9. The van der Waals surface area contributed by atoms with Crippen LogP contribution in [0.4, 0.5) is 12.9 Å². The summed E-state index contributed by atoms with van der Waals surface area (Å²) in [7, 11) is 1.57. The smallest absolute Gasteiger partial charge is 0.497 e. The van der Waals surface area contributed by atoms with Gasteiger partial charge in [0.05, 0.1) is 7.11 Å². The molecule has 0 bridgehead atoms. The van der Waals surface area contributed by atoms with Crippen LogP contribution in [0.25, 0.3) is 0 Å². The molecule has 0 aliphatic rings. The molecule has 2 rings (SSSR count). The molecule has 0 aliphatic carbocycles. The van der Waals surface area contributed by atoms with Crippen LogP contribution in [0.3, 0.4) is 0 Å². The number of hydrogen-bond donors (Lipinski definition) is 0. The van der Waals surface area contributed by atoms with Crippen molar-refractivity contribution in [2.45, 2.75) is 6.61 Å². The predicted molar refractivity (Wildman–Crippen MR) is 72.5 cm³/mol. The summed E-state index contributed by atoms with van der Waals surface area (Å²) in [6, 6.07) is 12.0. The molecule has 0 unspecified atom stereocenters. The van der Waals surface area contributed by atoms with E-state index in [4.69, 9.17) is 9.47 Å². The Morgan fingerprint density at radius 2 is 1.65 bits per heavy atom. The maximum atomic E-state index is 12.5. The Bertz CT molecular complexity index is 567. The zero-order valence-corrected chi connectivity index (χ0v) is 10.9. The van der Waals surface area contributed by atoms with Gasteiger partial charge in [-0.15, -0.1) is 5.46 Å². The van der Waals surface area contributed by atoms with Crippen LogP contribution in [0.5, 0.6) is 11.5 Å². The van der Waals surface area contributed by atoms with E-state index in [1.807, 2.05) is 24.3 Å². The zero-order valence-electron chi connectivity index (χ0n) is 10.9. The SMILES string of the molecule is COc1cccc(COc2ccc([B-](F)(F)F)cc2)c1. The molecule has 0 atom stereocenters. The molecule has 6 heteroatoms. The second kappa shape index (κ2) is 5.90. The van der Waals surface area contributed by atoms with Crippen LogP contribution in [0, 0.1) is 0 Å². The van der Waals surface area contributed by atoms with Crippen molar-refractivity contribution >= 4 is 12.4 Å². The monoisotopic (exact) mass is 281 g/mol. The topological polar surface area (TPSA) is 18.5 Å². The van der Waals surface area contributed by atoms with Crippen LogP contribution in [0.2, 0.25) is 0 Å². The Morgan fingerprint density at radius 1 is 0.950 bits per heavy atom. The summed E-state index contributed by atoms with van der Waals surface area (Å²) in [6.45, 7) is -4.69. The standard InChI is InChI=1S/C14H13BF3O2/c1-19-14-4-2-3-11(9-14)10-20-13-7-5-12(6-8-13)15(16,17)18/h2-9H,10H2,1H3/q-1. The first kappa shape index (κ1) is 14.3. The minimum absolute atomic E-state index is 0.272. The van der Waals surface area contributed by atoms with Gasteiger partial charge in [0.2, 0.25) is 0 Å². The van der Waals surface area contributed by atoms with Gasteiger partial charge in [0.15, 0.2) is 0 Å². The molecule has 0 heterocycles. The van der Waals surface area contributed by atoms with Crippen molar-refractivity contribution < 1.29 is 22.4 Å². The largest absolute Gasteiger partial charge is 0.509 e. The molecule has 0 spiro atoms. The van der Waals surface area contributed by atoms with Crippen LogP contribution in [-0.2, 0) is 6.61 Å². The molecule has 0 aromatic heterocycles. The number of rotatable bonds is 5. The first-order valence-corrected chi connectivity index (χ1v) is 6.04. The van der Waals surface area contributed by atoms with Crippen LogP contribution in [0.1, 0.15) is 5.56 Å². The molecule has 0 radical (unpaired) electrons. The molecule has 106 valence electrons. The van der Waals surface area contributed by atoms with Crippen LogP contribution in [0.15, 0.2) is 48.5 Å². The lowest BCUT2D eigenvalue weighted by Gasteiger charge is -2.15. The van der Waals surface area contributed by atoms with E-state index >= 15 is 0 Å². The molecule has 20 heavy (non-hydrogen) atoms. The van der Waals surface area contributed by atoms with Gasteiger partial charge in [-0.3, -0.25) is 0 Å². The minimum atomic E-state index is -4.96. The Balaban J connectivity index is 2.00. The van der Waals surface area contributed by atoms with Gasteiger partial charge in [-0.1, -0.05) is 24.3 Å². The van der Waals surface area contributed by atoms with Crippen LogP contribution >= 0.6 is 0 Å². The number of benzene rings is 2. The fourth-order valence-corrected chi connectivity index (χ4v) is 1.71. The highest BCUT2D eigenvalue weighted by Gasteiger charge is 2.24. The lowest BCUT2D eigenvalue weighted by molar-refractivity contribution is 0.305.